The Bertz CT molecular complexity index is 1530. The molecule has 4 aliphatic heterocycles. The molecule has 4 saturated heterocycles. The second kappa shape index (κ2) is 9.81. The maximum absolute atomic E-state index is 16.6. The van der Waals surface area contributed by atoms with Crippen LogP contribution in [0.5, 0.6) is 11.8 Å². The van der Waals surface area contributed by atoms with Crippen LogP contribution in [0.4, 0.5) is 14.6 Å². The molecule has 0 amide bonds. The molecule has 41 heavy (non-hydrogen) atoms. The summed E-state index contributed by atoms with van der Waals surface area (Å²) in [5.74, 6) is 0.231. The fourth-order valence-electron chi connectivity index (χ4n) is 7.54. The summed E-state index contributed by atoms with van der Waals surface area (Å²) in [5.41, 5.74) is 1.19. The fraction of sp³-hybridized carbons (Fsp3) is 0.567. The number of fused-ring (bicyclic) bond motifs is 4. The van der Waals surface area contributed by atoms with Crippen LogP contribution in [0.3, 0.4) is 0 Å². The Balaban J connectivity index is 1.23. The molecule has 11 heteroatoms. The quantitative estimate of drug-likeness (QED) is 0.364. The number of rotatable bonds is 6. The van der Waals surface area contributed by atoms with Gasteiger partial charge in [-0.2, -0.15) is 21.7 Å². The lowest BCUT2D eigenvalue weighted by molar-refractivity contribution is 0.107. The van der Waals surface area contributed by atoms with Gasteiger partial charge in [-0.15, -0.1) is 0 Å². The van der Waals surface area contributed by atoms with Crippen molar-refractivity contribution in [2.45, 2.75) is 73.1 Å². The maximum atomic E-state index is 16.6. The highest BCUT2D eigenvalue weighted by molar-refractivity contribution is 8.00. The van der Waals surface area contributed by atoms with Gasteiger partial charge < -0.3 is 14.7 Å². The zero-order valence-corrected chi connectivity index (χ0v) is 24.2. The number of halogens is 3. The average molecular weight is 600 g/mol. The molecule has 5 fully saturated rings. The number of hydrogen-bond acceptors (Lipinski definition) is 8. The molecule has 3 aromatic rings. The minimum Gasteiger partial charge on any atom is -0.508 e. The highest BCUT2D eigenvalue weighted by atomic mass is 35.5. The highest BCUT2D eigenvalue weighted by Gasteiger charge is 2.49. The van der Waals surface area contributed by atoms with Crippen LogP contribution in [0.2, 0.25) is 5.02 Å². The molecule has 2 aromatic heterocycles. The fourth-order valence-corrected chi connectivity index (χ4v) is 9.53. The van der Waals surface area contributed by atoms with Crippen LogP contribution in [0.25, 0.3) is 22.2 Å². The minimum absolute atomic E-state index is 0.0347. The molecule has 0 spiro atoms. The van der Waals surface area contributed by atoms with E-state index < -0.39 is 12.0 Å². The summed E-state index contributed by atoms with van der Waals surface area (Å²) in [4.78, 5) is 18.4. The standard InChI is InChI=1S/C30H32ClF2N5O2S/c31-23-9-18(39)8-21(24(23)16-2-3-16)26-25(33)27-22(11-34-26)28(37-13-19-4-5-20(14-37)41-19)36-29(35-27)40-15-30-6-1-7-38(30)12-17(32)10-30/h8-9,11,16-17,19-20,39H,1-7,10,12-15H2/t17-,19?,20?,30+/m1/s1. The van der Waals surface area contributed by atoms with E-state index in [1.807, 2.05) is 11.8 Å². The third kappa shape index (κ3) is 4.52. The van der Waals surface area contributed by atoms with E-state index >= 15 is 4.39 Å². The van der Waals surface area contributed by atoms with Gasteiger partial charge >= 0.3 is 6.01 Å². The first-order chi connectivity index (χ1) is 19.9. The van der Waals surface area contributed by atoms with Crippen molar-refractivity contribution in [2.24, 2.45) is 0 Å². The van der Waals surface area contributed by atoms with E-state index in [4.69, 9.17) is 21.3 Å². The van der Waals surface area contributed by atoms with Crippen molar-refractivity contribution < 1.29 is 18.6 Å². The summed E-state index contributed by atoms with van der Waals surface area (Å²) >= 11 is 8.57. The van der Waals surface area contributed by atoms with Gasteiger partial charge in [-0.25, -0.2) is 8.78 Å². The third-order valence-corrected chi connectivity index (χ3v) is 11.4. The molecular weight excluding hydrogens is 568 g/mol. The predicted octanol–water partition coefficient (Wildman–Crippen LogP) is 6.11. The molecule has 0 radical (unpaired) electrons. The lowest BCUT2D eigenvalue weighted by Gasteiger charge is -2.33. The van der Waals surface area contributed by atoms with Crippen LogP contribution in [-0.4, -0.2) is 80.0 Å². The van der Waals surface area contributed by atoms with E-state index in [0.717, 1.165) is 50.9 Å². The van der Waals surface area contributed by atoms with Crippen molar-refractivity contribution in [1.29, 1.82) is 0 Å². The highest BCUT2D eigenvalue weighted by Crippen LogP contribution is 2.49. The molecule has 2 unspecified atom stereocenters. The second-order valence-electron chi connectivity index (χ2n) is 12.4. The molecule has 8 rings (SSSR count). The molecule has 6 heterocycles. The van der Waals surface area contributed by atoms with Crippen LogP contribution >= 0.6 is 23.4 Å². The summed E-state index contributed by atoms with van der Waals surface area (Å²) in [6, 6.07) is 3.15. The van der Waals surface area contributed by atoms with E-state index in [1.165, 1.54) is 25.0 Å². The number of nitrogens with zero attached hydrogens (tertiary/aromatic N) is 5. The van der Waals surface area contributed by atoms with E-state index in [9.17, 15) is 9.50 Å². The maximum Gasteiger partial charge on any atom is 0.319 e. The van der Waals surface area contributed by atoms with E-state index in [0.29, 0.717) is 45.3 Å². The molecular formula is C30H32ClF2N5O2S. The van der Waals surface area contributed by atoms with Crippen molar-refractivity contribution in [3.63, 3.8) is 0 Å². The number of anilines is 1. The topological polar surface area (TPSA) is 74.6 Å². The SMILES string of the molecule is Oc1cc(Cl)c(C2CC2)c(-c2ncc3c(N4CC5CCC(C4)S5)nc(OC[C@@]45CCCN4C[C@H](F)C5)nc3c2F)c1. The number of ether oxygens (including phenoxy) is 1. The minimum atomic E-state index is -0.867. The van der Waals surface area contributed by atoms with Gasteiger partial charge in [0.15, 0.2) is 5.82 Å². The Morgan fingerprint density at radius 2 is 1.93 bits per heavy atom. The summed E-state index contributed by atoms with van der Waals surface area (Å²) in [7, 11) is 0. The molecule has 216 valence electrons. The summed E-state index contributed by atoms with van der Waals surface area (Å²) in [5, 5.41) is 12.3. The number of alkyl halides is 1. The average Bonchev–Trinajstić information content (AvgIpc) is 3.52. The number of thioether (sulfide) groups is 1. The molecule has 2 bridgehead atoms. The zero-order chi connectivity index (χ0) is 27.9. The molecule has 5 aliphatic rings. The van der Waals surface area contributed by atoms with Crippen molar-refractivity contribution in [2.75, 3.05) is 37.7 Å². The van der Waals surface area contributed by atoms with Crippen LogP contribution in [0, 0.1) is 5.82 Å². The lowest BCUT2D eigenvalue weighted by atomic mass is 9.95. The van der Waals surface area contributed by atoms with Gasteiger partial charge in [0.05, 0.1) is 10.9 Å². The van der Waals surface area contributed by atoms with Gasteiger partial charge in [0.1, 0.15) is 35.6 Å². The van der Waals surface area contributed by atoms with Crippen molar-refractivity contribution in [3.05, 3.63) is 34.7 Å². The van der Waals surface area contributed by atoms with Crippen LogP contribution < -0.4 is 9.64 Å². The van der Waals surface area contributed by atoms with Crippen LogP contribution in [0.1, 0.15) is 56.4 Å². The number of benzene rings is 1. The van der Waals surface area contributed by atoms with Gasteiger partial charge in [-0.05, 0) is 68.7 Å². The van der Waals surface area contributed by atoms with Crippen molar-refractivity contribution in [3.8, 4) is 23.0 Å². The molecule has 7 nitrogen and oxygen atoms in total. The number of aromatic nitrogens is 3. The number of phenolic OH excluding ortho intramolecular Hbond substituents is 1. The lowest BCUT2D eigenvalue weighted by Crippen LogP contribution is -2.43. The number of aromatic hydroxyl groups is 1. The normalized spacial score (nSPS) is 29.4. The largest absolute Gasteiger partial charge is 0.508 e. The third-order valence-electron chi connectivity index (χ3n) is 9.57. The van der Waals surface area contributed by atoms with Crippen LogP contribution in [-0.2, 0) is 0 Å². The van der Waals surface area contributed by atoms with Crippen molar-refractivity contribution >= 4 is 40.1 Å². The van der Waals surface area contributed by atoms with Gasteiger partial charge in [0.2, 0.25) is 0 Å². The number of pyridine rings is 1. The zero-order valence-electron chi connectivity index (χ0n) is 22.7. The van der Waals surface area contributed by atoms with Crippen molar-refractivity contribution in [1.82, 2.24) is 19.9 Å². The smallest absolute Gasteiger partial charge is 0.319 e. The van der Waals surface area contributed by atoms with Gasteiger partial charge in [-0.1, -0.05) is 11.6 Å². The monoisotopic (exact) mass is 599 g/mol. The Morgan fingerprint density at radius 1 is 1.12 bits per heavy atom. The Kier molecular flexibility index (Phi) is 6.27. The summed E-state index contributed by atoms with van der Waals surface area (Å²) < 4.78 is 37.2. The van der Waals surface area contributed by atoms with Gasteiger partial charge in [0, 0.05) is 53.3 Å². The number of hydrogen-bond donors (Lipinski definition) is 1. The summed E-state index contributed by atoms with van der Waals surface area (Å²) in [6.07, 6.45) is 7.35. The first-order valence-electron chi connectivity index (χ1n) is 14.7. The first kappa shape index (κ1) is 26.2. The van der Waals surface area contributed by atoms with Gasteiger partial charge in [0.25, 0.3) is 0 Å². The molecule has 1 aliphatic carbocycles. The first-order valence-corrected chi connectivity index (χ1v) is 16.0. The molecule has 4 atom stereocenters. The van der Waals surface area contributed by atoms with Gasteiger partial charge in [-0.3, -0.25) is 9.88 Å². The van der Waals surface area contributed by atoms with E-state index in [1.54, 1.807) is 6.20 Å². The molecule has 1 N–H and O–H groups in total. The Hall–Kier alpha value is -2.43. The number of phenols is 1. The molecule has 1 aromatic carbocycles. The summed E-state index contributed by atoms with van der Waals surface area (Å²) in [6.45, 7) is 3.21. The van der Waals surface area contributed by atoms with E-state index in [2.05, 4.69) is 19.8 Å². The second-order valence-corrected chi connectivity index (χ2v) is 14.4. The van der Waals surface area contributed by atoms with Crippen LogP contribution in [0.15, 0.2) is 18.3 Å². The molecule has 1 saturated carbocycles. The Morgan fingerprint density at radius 3 is 2.71 bits per heavy atom. The Labute approximate surface area is 246 Å². The van der Waals surface area contributed by atoms with E-state index in [-0.39, 0.29) is 41.0 Å². The predicted molar refractivity (Wildman–Crippen MR) is 157 cm³/mol.